The topological polar surface area (TPSA) is 43.1 Å². The summed E-state index contributed by atoms with van der Waals surface area (Å²) < 4.78 is 0. The van der Waals surface area contributed by atoms with Gasteiger partial charge in [0.2, 0.25) is 5.70 Å². The summed E-state index contributed by atoms with van der Waals surface area (Å²) >= 11 is 0. The van der Waals surface area contributed by atoms with Gasteiger partial charge >= 0.3 is 0 Å². The fraction of sp³-hybridized carbons (Fsp3) is 0.714. The Morgan fingerprint density at radius 1 is 1.60 bits per heavy atom. The van der Waals surface area contributed by atoms with E-state index in [1.54, 1.807) is 0 Å². The van der Waals surface area contributed by atoms with Gasteiger partial charge in [-0.1, -0.05) is 0 Å². The van der Waals surface area contributed by atoms with Gasteiger partial charge in [0.05, 0.1) is 10.8 Å². The number of hydrogen-bond donors (Lipinski definition) is 0. The molecule has 0 aromatic heterocycles. The van der Waals surface area contributed by atoms with E-state index in [0.717, 1.165) is 12.8 Å². The molecule has 0 amide bonds. The Hall–Kier alpha value is -0.860. The quantitative estimate of drug-likeness (QED) is 0.409. The van der Waals surface area contributed by atoms with E-state index in [4.69, 9.17) is 0 Å². The van der Waals surface area contributed by atoms with E-state index in [9.17, 15) is 10.1 Å². The van der Waals surface area contributed by atoms with Crippen LogP contribution in [-0.4, -0.2) is 4.92 Å². The number of nitro groups is 1. The van der Waals surface area contributed by atoms with Crippen molar-refractivity contribution >= 4 is 0 Å². The first-order valence-electron chi connectivity index (χ1n) is 3.63. The molecule has 0 spiro atoms. The lowest BCUT2D eigenvalue weighted by atomic mass is 10.1. The fourth-order valence-corrected chi connectivity index (χ4v) is 2.02. The molecule has 0 N–H and O–H groups in total. The van der Waals surface area contributed by atoms with Gasteiger partial charge in [-0.2, -0.15) is 0 Å². The molecule has 0 aromatic rings. The Morgan fingerprint density at radius 3 is 2.70 bits per heavy atom. The first-order chi connectivity index (χ1) is 4.77. The van der Waals surface area contributed by atoms with Crippen molar-refractivity contribution in [2.75, 3.05) is 0 Å². The summed E-state index contributed by atoms with van der Waals surface area (Å²) in [5, 5.41) is 10.3. The van der Waals surface area contributed by atoms with Crippen molar-refractivity contribution in [2.45, 2.75) is 19.3 Å². The largest absolute Gasteiger partial charge is 0.259 e. The van der Waals surface area contributed by atoms with Crippen LogP contribution in [0.3, 0.4) is 0 Å². The molecule has 2 rings (SSSR count). The Labute approximate surface area is 58.9 Å². The lowest BCUT2D eigenvalue weighted by molar-refractivity contribution is -0.433. The zero-order valence-corrected chi connectivity index (χ0v) is 5.62. The molecular weight excluding hydrogens is 130 g/mol. The highest BCUT2D eigenvalue weighted by atomic mass is 16.6. The van der Waals surface area contributed by atoms with Crippen molar-refractivity contribution in [3.05, 3.63) is 21.9 Å². The number of nitrogens with zero attached hydrogens (tertiary/aromatic N) is 1. The molecule has 2 atom stereocenters. The minimum absolute atomic E-state index is 0.218. The first-order valence-corrected chi connectivity index (χ1v) is 3.63. The third-order valence-electron chi connectivity index (χ3n) is 2.51. The predicted molar refractivity (Wildman–Crippen MR) is 35.9 cm³/mol. The lowest BCUT2D eigenvalue weighted by Crippen LogP contribution is -2.06. The van der Waals surface area contributed by atoms with Gasteiger partial charge in [0, 0.05) is 0 Å². The molecule has 1 saturated carbocycles. The molecule has 2 unspecified atom stereocenters. The monoisotopic (exact) mass is 139 g/mol. The summed E-state index contributed by atoms with van der Waals surface area (Å²) in [5.74, 6) is 0.824. The zero-order chi connectivity index (χ0) is 7.14. The van der Waals surface area contributed by atoms with Crippen LogP contribution in [-0.2, 0) is 0 Å². The maximum atomic E-state index is 10.3. The molecule has 54 valence electrons. The number of fused-ring (bicyclic) bond motifs is 2. The average molecular weight is 139 g/mol. The molecule has 2 bridgehead atoms. The van der Waals surface area contributed by atoms with Crippen LogP contribution in [0.25, 0.3) is 0 Å². The Bertz CT molecular complexity index is 210. The highest BCUT2D eigenvalue weighted by molar-refractivity contribution is 5.12. The van der Waals surface area contributed by atoms with Crippen LogP contribution < -0.4 is 0 Å². The maximum Gasteiger partial charge on any atom is 0.245 e. The Kier molecular flexibility index (Phi) is 1.07. The third-order valence-corrected chi connectivity index (χ3v) is 2.51. The molecular formula is C7H9NO2. The van der Waals surface area contributed by atoms with Gasteiger partial charge in [0.15, 0.2) is 0 Å². The average Bonchev–Trinajstić information content (AvgIpc) is 2.44. The van der Waals surface area contributed by atoms with Gasteiger partial charge in [-0.3, -0.25) is 10.1 Å². The van der Waals surface area contributed by atoms with Crippen molar-refractivity contribution in [3.8, 4) is 0 Å². The highest BCUT2D eigenvalue weighted by Crippen LogP contribution is 2.43. The summed E-state index contributed by atoms with van der Waals surface area (Å²) in [6, 6.07) is 0. The van der Waals surface area contributed by atoms with E-state index < -0.39 is 0 Å². The molecule has 3 heteroatoms. The third kappa shape index (κ3) is 0.664. The van der Waals surface area contributed by atoms with Crippen molar-refractivity contribution in [1.29, 1.82) is 0 Å². The number of hydrogen-bond acceptors (Lipinski definition) is 2. The van der Waals surface area contributed by atoms with Crippen LogP contribution in [0.1, 0.15) is 19.3 Å². The summed E-state index contributed by atoms with van der Waals surface area (Å²) in [4.78, 5) is 10.1. The second kappa shape index (κ2) is 1.81. The van der Waals surface area contributed by atoms with Crippen LogP contribution in [0.15, 0.2) is 11.8 Å². The highest BCUT2D eigenvalue weighted by Gasteiger charge is 2.39. The van der Waals surface area contributed by atoms with Crippen molar-refractivity contribution in [1.82, 2.24) is 0 Å². The summed E-state index contributed by atoms with van der Waals surface area (Å²) in [7, 11) is 0. The molecule has 0 aliphatic heterocycles. The molecule has 10 heavy (non-hydrogen) atoms. The van der Waals surface area contributed by atoms with Crippen LogP contribution in [0.5, 0.6) is 0 Å². The van der Waals surface area contributed by atoms with Crippen LogP contribution in [0.2, 0.25) is 0 Å². The van der Waals surface area contributed by atoms with E-state index in [1.807, 2.05) is 6.08 Å². The Balaban J connectivity index is 2.25. The second-order valence-electron chi connectivity index (χ2n) is 3.12. The molecule has 3 nitrogen and oxygen atoms in total. The van der Waals surface area contributed by atoms with Gasteiger partial charge < -0.3 is 0 Å². The molecule has 2 aliphatic rings. The van der Waals surface area contributed by atoms with Gasteiger partial charge in [0.1, 0.15) is 0 Å². The van der Waals surface area contributed by atoms with Crippen molar-refractivity contribution in [2.24, 2.45) is 11.8 Å². The number of allylic oxidation sites excluding steroid dienone is 2. The first kappa shape index (κ1) is 5.89. The van der Waals surface area contributed by atoms with E-state index >= 15 is 0 Å². The van der Waals surface area contributed by atoms with Gasteiger partial charge in [-0.15, -0.1) is 0 Å². The smallest absolute Gasteiger partial charge is 0.245 e. The van der Waals surface area contributed by atoms with Gasteiger partial charge in [-0.05, 0) is 31.3 Å². The summed E-state index contributed by atoms with van der Waals surface area (Å²) in [6.45, 7) is 0. The molecule has 0 aromatic carbocycles. The maximum absolute atomic E-state index is 10.3. The van der Waals surface area contributed by atoms with Crippen LogP contribution >= 0.6 is 0 Å². The van der Waals surface area contributed by atoms with E-state index in [-0.39, 0.29) is 4.92 Å². The van der Waals surface area contributed by atoms with E-state index in [2.05, 4.69) is 0 Å². The van der Waals surface area contributed by atoms with E-state index in [0.29, 0.717) is 17.5 Å². The molecule has 1 fully saturated rings. The minimum atomic E-state index is -0.218. The number of rotatable bonds is 1. The van der Waals surface area contributed by atoms with Gasteiger partial charge in [-0.25, -0.2) is 0 Å². The lowest BCUT2D eigenvalue weighted by Gasteiger charge is -2.02. The standard InChI is InChI=1S/C7H9NO2/c9-8(10)7-4-5-1-2-6(7)3-5/h4-6H,1-3H2. The molecule has 2 aliphatic carbocycles. The normalized spacial score (nSPS) is 36.2. The van der Waals surface area contributed by atoms with E-state index in [1.165, 1.54) is 6.42 Å². The molecule has 0 heterocycles. The molecule has 0 saturated heterocycles. The van der Waals surface area contributed by atoms with Crippen molar-refractivity contribution in [3.63, 3.8) is 0 Å². The van der Waals surface area contributed by atoms with Gasteiger partial charge in [0.25, 0.3) is 0 Å². The molecule has 0 radical (unpaired) electrons. The second-order valence-corrected chi connectivity index (χ2v) is 3.12. The predicted octanol–water partition coefficient (Wildman–Crippen LogP) is 1.58. The van der Waals surface area contributed by atoms with Crippen LogP contribution in [0.4, 0.5) is 0 Å². The minimum Gasteiger partial charge on any atom is -0.259 e. The zero-order valence-electron chi connectivity index (χ0n) is 5.62. The van der Waals surface area contributed by atoms with Crippen molar-refractivity contribution < 1.29 is 4.92 Å². The summed E-state index contributed by atoms with van der Waals surface area (Å²) in [5.41, 5.74) is 0.483. The SMILES string of the molecule is O=[N+]([O-])C1=CC2CCC1C2. The fourth-order valence-electron chi connectivity index (χ4n) is 2.02. The summed E-state index contributed by atoms with van der Waals surface area (Å²) in [6.07, 6.45) is 5.09. The van der Waals surface area contributed by atoms with Crippen LogP contribution in [0, 0.1) is 22.0 Å². The Morgan fingerprint density at radius 2 is 2.40 bits per heavy atom.